The largest absolute Gasteiger partial charge is 0.495 e. The Morgan fingerprint density at radius 3 is 2.81 bits per heavy atom. The van der Waals surface area contributed by atoms with E-state index in [1.165, 1.54) is 12.8 Å². The van der Waals surface area contributed by atoms with Gasteiger partial charge in [-0.1, -0.05) is 19.8 Å². The van der Waals surface area contributed by atoms with Crippen LogP contribution in [0.25, 0.3) is 0 Å². The number of anilines is 1. The van der Waals surface area contributed by atoms with Gasteiger partial charge in [-0.15, -0.1) is 0 Å². The van der Waals surface area contributed by atoms with Crippen molar-refractivity contribution in [3.05, 3.63) is 23.8 Å². The minimum atomic E-state index is 0.621. The van der Waals surface area contributed by atoms with Crippen LogP contribution in [0, 0.1) is 11.3 Å². The number of nitrogens with zero attached hydrogens (tertiary/aromatic N) is 1. The number of nitrogens with one attached hydrogen (secondary N) is 1. The Labute approximate surface area is 97.0 Å². The highest BCUT2D eigenvalue weighted by molar-refractivity contribution is 5.59. The Balaban J connectivity index is 2.62. The maximum atomic E-state index is 8.77. The smallest absolute Gasteiger partial charge is 0.143 e. The van der Waals surface area contributed by atoms with Crippen molar-refractivity contribution in [1.29, 1.82) is 5.26 Å². The molecule has 0 atom stereocenters. The summed E-state index contributed by atoms with van der Waals surface area (Å²) in [5.74, 6) is 0.732. The zero-order valence-electron chi connectivity index (χ0n) is 9.92. The summed E-state index contributed by atoms with van der Waals surface area (Å²) in [6, 6.07) is 7.54. The molecule has 3 heteroatoms. The number of benzene rings is 1. The highest BCUT2D eigenvalue weighted by Gasteiger charge is 2.03. The first-order chi connectivity index (χ1) is 7.81. The van der Waals surface area contributed by atoms with E-state index < -0.39 is 0 Å². The fraction of sp³-hybridized carbons (Fsp3) is 0.462. The lowest BCUT2D eigenvalue weighted by Gasteiger charge is -2.10. The quantitative estimate of drug-likeness (QED) is 0.746. The van der Waals surface area contributed by atoms with E-state index >= 15 is 0 Å². The first-order valence-electron chi connectivity index (χ1n) is 5.63. The molecule has 16 heavy (non-hydrogen) atoms. The van der Waals surface area contributed by atoms with Gasteiger partial charge in [0.2, 0.25) is 0 Å². The molecule has 0 aromatic heterocycles. The topological polar surface area (TPSA) is 45.0 Å². The molecule has 0 aliphatic rings. The van der Waals surface area contributed by atoms with Crippen molar-refractivity contribution in [2.75, 3.05) is 19.0 Å². The zero-order valence-corrected chi connectivity index (χ0v) is 9.92. The maximum Gasteiger partial charge on any atom is 0.143 e. The van der Waals surface area contributed by atoms with Crippen LogP contribution in [0.4, 0.5) is 5.69 Å². The van der Waals surface area contributed by atoms with Gasteiger partial charge in [-0.2, -0.15) is 5.26 Å². The molecule has 0 heterocycles. The Morgan fingerprint density at radius 2 is 2.19 bits per heavy atom. The van der Waals surface area contributed by atoms with E-state index in [2.05, 4.69) is 18.3 Å². The van der Waals surface area contributed by atoms with Crippen LogP contribution >= 0.6 is 0 Å². The third kappa shape index (κ3) is 3.47. The average molecular weight is 218 g/mol. The molecule has 0 amide bonds. The van der Waals surface area contributed by atoms with Gasteiger partial charge in [-0.25, -0.2) is 0 Å². The third-order valence-corrected chi connectivity index (χ3v) is 2.43. The van der Waals surface area contributed by atoms with Crippen LogP contribution in [0.2, 0.25) is 0 Å². The summed E-state index contributed by atoms with van der Waals surface area (Å²) in [6.45, 7) is 3.12. The number of nitriles is 1. The van der Waals surface area contributed by atoms with Gasteiger partial charge in [-0.05, 0) is 18.6 Å². The minimum absolute atomic E-state index is 0.621. The van der Waals surface area contributed by atoms with Crippen LogP contribution in [0.3, 0.4) is 0 Å². The Kier molecular flexibility index (Phi) is 5.21. The monoisotopic (exact) mass is 218 g/mol. The fourth-order valence-electron chi connectivity index (χ4n) is 1.50. The van der Waals surface area contributed by atoms with Gasteiger partial charge in [0.1, 0.15) is 5.75 Å². The van der Waals surface area contributed by atoms with Crippen molar-refractivity contribution in [2.24, 2.45) is 0 Å². The third-order valence-electron chi connectivity index (χ3n) is 2.43. The number of unbranched alkanes of at least 4 members (excludes halogenated alkanes) is 2. The number of hydrogen-bond donors (Lipinski definition) is 1. The first-order valence-corrected chi connectivity index (χ1v) is 5.63. The van der Waals surface area contributed by atoms with E-state index in [1.54, 1.807) is 19.2 Å². The lowest BCUT2D eigenvalue weighted by atomic mass is 10.2. The highest BCUT2D eigenvalue weighted by Crippen LogP contribution is 2.25. The summed E-state index contributed by atoms with van der Waals surface area (Å²) in [5.41, 5.74) is 1.58. The number of rotatable bonds is 6. The van der Waals surface area contributed by atoms with Crippen LogP contribution in [-0.4, -0.2) is 13.7 Å². The second kappa shape index (κ2) is 6.73. The molecule has 0 unspecified atom stereocenters. The molecule has 1 aromatic rings. The predicted octanol–water partition coefficient (Wildman–Crippen LogP) is 3.17. The van der Waals surface area contributed by atoms with Crippen molar-refractivity contribution in [2.45, 2.75) is 26.2 Å². The van der Waals surface area contributed by atoms with Gasteiger partial charge in [-0.3, -0.25) is 0 Å². The predicted molar refractivity (Wildman–Crippen MR) is 65.7 cm³/mol. The zero-order chi connectivity index (χ0) is 11.8. The average Bonchev–Trinajstić information content (AvgIpc) is 2.34. The Morgan fingerprint density at radius 1 is 1.38 bits per heavy atom. The minimum Gasteiger partial charge on any atom is -0.495 e. The van der Waals surface area contributed by atoms with E-state index in [-0.39, 0.29) is 0 Å². The first kappa shape index (κ1) is 12.4. The van der Waals surface area contributed by atoms with Crippen LogP contribution in [0.1, 0.15) is 31.7 Å². The molecule has 0 saturated heterocycles. The number of ether oxygens (including phenoxy) is 1. The SMILES string of the molecule is CCCCCNc1ccc(C#N)cc1OC. The highest BCUT2D eigenvalue weighted by atomic mass is 16.5. The van der Waals surface area contributed by atoms with Crippen LogP contribution in [0.5, 0.6) is 5.75 Å². The molecule has 0 aliphatic heterocycles. The second-order valence-electron chi connectivity index (χ2n) is 3.66. The summed E-state index contributed by atoms with van der Waals surface area (Å²) in [5, 5.41) is 12.1. The molecular formula is C13H18N2O. The summed E-state index contributed by atoms with van der Waals surface area (Å²) < 4.78 is 5.23. The Bertz CT molecular complexity index is 369. The van der Waals surface area contributed by atoms with Gasteiger partial charge in [0, 0.05) is 12.6 Å². The molecule has 86 valence electrons. The fourth-order valence-corrected chi connectivity index (χ4v) is 1.50. The van der Waals surface area contributed by atoms with Crippen LogP contribution in [0.15, 0.2) is 18.2 Å². The summed E-state index contributed by atoms with van der Waals surface area (Å²) in [6.07, 6.45) is 3.59. The molecule has 1 rings (SSSR count). The summed E-state index contributed by atoms with van der Waals surface area (Å²) in [7, 11) is 1.62. The molecule has 0 radical (unpaired) electrons. The van der Waals surface area contributed by atoms with E-state index in [4.69, 9.17) is 10.00 Å². The molecule has 0 saturated carbocycles. The van der Waals surface area contributed by atoms with E-state index in [0.29, 0.717) is 5.56 Å². The van der Waals surface area contributed by atoms with Gasteiger partial charge < -0.3 is 10.1 Å². The van der Waals surface area contributed by atoms with Crippen molar-refractivity contribution >= 4 is 5.69 Å². The molecule has 3 nitrogen and oxygen atoms in total. The lowest BCUT2D eigenvalue weighted by Crippen LogP contribution is -2.03. The van der Waals surface area contributed by atoms with Gasteiger partial charge in [0.05, 0.1) is 24.4 Å². The van der Waals surface area contributed by atoms with Gasteiger partial charge in [0.25, 0.3) is 0 Å². The molecule has 0 aliphatic carbocycles. The van der Waals surface area contributed by atoms with Gasteiger partial charge >= 0.3 is 0 Å². The van der Waals surface area contributed by atoms with Crippen LogP contribution < -0.4 is 10.1 Å². The lowest BCUT2D eigenvalue weighted by molar-refractivity contribution is 0.416. The summed E-state index contributed by atoms with van der Waals surface area (Å²) >= 11 is 0. The number of hydrogen-bond acceptors (Lipinski definition) is 3. The van der Waals surface area contributed by atoms with Gasteiger partial charge in [0.15, 0.2) is 0 Å². The Hall–Kier alpha value is -1.69. The second-order valence-corrected chi connectivity index (χ2v) is 3.66. The molecule has 0 fully saturated rings. The summed E-state index contributed by atoms with van der Waals surface area (Å²) in [4.78, 5) is 0. The molecule has 0 spiro atoms. The van der Waals surface area contributed by atoms with Crippen molar-refractivity contribution < 1.29 is 4.74 Å². The van der Waals surface area contributed by atoms with E-state index in [0.717, 1.165) is 24.4 Å². The van der Waals surface area contributed by atoms with E-state index in [9.17, 15) is 0 Å². The number of methoxy groups -OCH3 is 1. The van der Waals surface area contributed by atoms with Crippen molar-refractivity contribution in [3.8, 4) is 11.8 Å². The maximum absolute atomic E-state index is 8.77. The van der Waals surface area contributed by atoms with Crippen molar-refractivity contribution in [1.82, 2.24) is 0 Å². The van der Waals surface area contributed by atoms with Crippen molar-refractivity contribution in [3.63, 3.8) is 0 Å². The molecular weight excluding hydrogens is 200 g/mol. The molecule has 1 aromatic carbocycles. The standard InChI is InChI=1S/C13H18N2O/c1-3-4-5-8-15-12-7-6-11(10-14)9-13(12)16-2/h6-7,9,15H,3-5,8H2,1-2H3. The van der Waals surface area contributed by atoms with Crippen LogP contribution in [-0.2, 0) is 0 Å². The molecule has 1 N–H and O–H groups in total. The molecule has 0 bridgehead atoms. The normalized spacial score (nSPS) is 9.56. The van der Waals surface area contributed by atoms with E-state index in [1.807, 2.05) is 6.07 Å².